The molecule has 3 N–H and O–H groups in total. The fourth-order valence-corrected chi connectivity index (χ4v) is 5.08. The summed E-state index contributed by atoms with van der Waals surface area (Å²) >= 11 is 1.48. The molecule has 212 valence electrons. The number of carboxylic acid groups (broad SMARTS) is 1. The summed E-state index contributed by atoms with van der Waals surface area (Å²) in [6.45, 7) is 5.31. The summed E-state index contributed by atoms with van der Waals surface area (Å²) in [5.41, 5.74) is 0.895. The second kappa shape index (κ2) is 14.3. The number of hydrogen-bond acceptors (Lipinski definition) is 5. The Balaban J connectivity index is 1.81. The molecule has 8 nitrogen and oxygen atoms in total. The number of rotatable bonds is 12. The number of hydrogen-bond donors (Lipinski definition) is 3. The van der Waals surface area contributed by atoms with E-state index in [4.69, 9.17) is 4.74 Å². The molecule has 2 atom stereocenters. The molecule has 0 spiro atoms. The number of benzene rings is 2. The van der Waals surface area contributed by atoms with Gasteiger partial charge in [-0.25, -0.2) is 4.79 Å². The monoisotopic (exact) mass is 563 g/mol. The van der Waals surface area contributed by atoms with Crippen LogP contribution >= 0.6 is 11.3 Å². The molecule has 2 aromatic carbocycles. The van der Waals surface area contributed by atoms with Gasteiger partial charge in [0.2, 0.25) is 11.8 Å². The van der Waals surface area contributed by atoms with Gasteiger partial charge in [0.1, 0.15) is 11.8 Å². The SMILES string of the molecule is COc1ccc(NC(=O)/C=C/[C@H](CCc2ccccc2)NC(=O)[C@H](Cc2cccs2)N(C(=O)O)C(C)(C)C)cc1. The van der Waals surface area contributed by atoms with E-state index in [9.17, 15) is 19.5 Å². The van der Waals surface area contributed by atoms with Crippen molar-refractivity contribution in [3.63, 3.8) is 0 Å². The number of carbonyl (C=O) groups excluding carboxylic acids is 2. The first-order valence-corrected chi connectivity index (χ1v) is 14.0. The lowest BCUT2D eigenvalue weighted by molar-refractivity contribution is -0.128. The summed E-state index contributed by atoms with van der Waals surface area (Å²) in [5, 5.41) is 17.8. The van der Waals surface area contributed by atoms with Crippen LogP contribution in [0.15, 0.2) is 84.3 Å². The van der Waals surface area contributed by atoms with Gasteiger partial charge < -0.3 is 20.5 Å². The van der Waals surface area contributed by atoms with Crippen LogP contribution in [-0.4, -0.2) is 52.6 Å². The van der Waals surface area contributed by atoms with E-state index < -0.39 is 29.6 Å². The van der Waals surface area contributed by atoms with Gasteiger partial charge in [-0.3, -0.25) is 14.5 Å². The molecule has 3 rings (SSSR count). The molecule has 9 heteroatoms. The maximum atomic E-state index is 13.7. The van der Waals surface area contributed by atoms with Crippen molar-refractivity contribution in [2.45, 2.75) is 57.7 Å². The number of nitrogens with zero attached hydrogens (tertiary/aromatic N) is 1. The predicted octanol–water partition coefficient (Wildman–Crippen LogP) is 5.76. The van der Waals surface area contributed by atoms with Crippen molar-refractivity contribution < 1.29 is 24.2 Å². The molecule has 0 radical (unpaired) electrons. The number of nitrogens with one attached hydrogen (secondary N) is 2. The van der Waals surface area contributed by atoms with Gasteiger partial charge in [-0.1, -0.05) is 42.5 Å². The highest BCUT2D eigenvalue weighted by Crippen LogP contribution is 2.23. The summed E-state index contributed by atoms with van der Waals surface area (Å²) < 4.78 is 5.15. The third-order valence-corrected chi connectivity index (χ3v) is 7.17. The zero-order valence-corrected chi connectivity index (χ0v) is 24.1. The topological polar surface area (TPSA) is 108 Å². The first-order valence-electron chi connectivity index (χ1n) is 13.1. The average Bonchev–Trinajstić information content (AvgIpc) is 3.43. The molecular weight excluding hydrogens is 526 g/mol. The van der Waals surface area contributed by atoms with Crippen LogP contribution in [0.5, 0.6) is 5.75 Å². The van der Waals surface area contributed by atoms with E-state index in [1.165, 1.54) is 22.3 Å². The third kappa shape index (κ3) is 9.27. The highest BCUT2D eigenvalue weighted by molar-refractivity contribution is 7.09. The van der Waals surface area contributed by atoms with Crippen LogP contribution in [-0.2, 0) is 22.4 Å². The van der Waals surface area contributed by atoms with Crippen LogP contribution in [0.25, 0.3) is 0 Å². The van der Waals surface area contributed by atoms with Gasteiger partial charge in [0.05, 0.1) is 7.11 Å². The number of aryl methyl sites for hydroxylation is 1. The van der Waals surface area contributed by atoms with Gasteiger partial charge in [-0.2, -0.15) is 0 Å². The summed E-state index contributed by atoms with van der Waals surface area (Å²) in [4.78, 5) is 40.8. The molecular formula is C31H37N3O5S. The summed E-state index contributed by atoms with van der Waals surface area (Å²) in [6, 6.07) is 19.1. The van der Waals surface area contributed by atoms with E-state index >= 15 is 0 Å². The van der Waals surface area contributed by atoms with Gasteiger partial charge >= 0.3 is 6.09 Å². The van der Waals surface area contributed by atoms with E-state index in [0.717, 1.165) is 10.4 Å². The zero-order chi connectivity index (χ0) is 29.1. The number of methoxy groups -OCH3 is 1. The van der Waals surface area contributed by atoms with Gasteiger partial charge in [-0.05, 0) is 74.9 Å². The molecule has 3 aromatic rings. The van der Waals surface area contributed by atoms with Crippen molar-refractivity contribution in [2.75, 3.05) is 12.4 Å². The van der Waals surface area contributed by atoms with E-state index in [-0.39, 0.29) is 12.3 Å². The Bertz CT molecular complexity index is 1270. The Morgan fingerprint density at radius 3 is 2.30 bits per heavy atom. The molecule has 0 fully saturated rings. The van der Waals surface area contributed by atoms with Gasteiger partial charge in [0.15, 0.2) is 0 Å². The Morgan fingerprint density at radius 2 is 1.73 bits per heavy atom. The number of carbonyl (C=O) groups is 3. The molecule has 0 aliphatic rings. The maximum Gasteiger partial charge on any atom is 0.408 e. The Labute approximate surface area is 239 Å². The molecule has 0 aliphatic heterocycles. The van der Waals surface area contributed by atoms with Crippen molar-refractivity contribution in [1.82, 2.24) is 10.2 Å². The van der Waals surface area contributed by atoms with Crippen LogP contribution in [0, 0.1) is 0 Å². The predicted molar refractivity (Wildman–Crippen MR) is 159 cm³/mol. The molecule has 0 bridgehead atoms. The minimum absolute atomic E-state index is 0.250. The molecule has 0 saturated carbocycles. The fourth-order valence-electron chi connectivity index (χ4n) is 4.33. The summed E-state index contributed by atoms with van der Waals surface area (Å²) in [6.07, 6.45) is 3.32. The highest BCUT2D eigenvalue weighted by Gasteiger charge is 2.38. The normalized spacial score (nSPS) is 12.9. The highest BCUT2D eigenvalue weighted by atomic mass is 32.1. The smallest absolute Gasteiger partial charge is 0.408 e. The Morgan fingerprint density at radius 1 is 1.02 bits per heavy atom. The molecule has 0 aliphatic carbocycles. The summed E-state index contributed by atoms with van der Waals surface area (Å²) in [5.74, 6) is -0.0786. The van der Waals surface area contributed by atoms with E-state index in [1.807, 2.05) is 47.8 Å². The van der Waals surface area contributed by atoms with Gasteiger partial charge in [0.25, 0.3) is 0 Å². The number of ether oxygens (including phenoxy) is 1. The first kappa shape index (κ1) is 30.4. The average molecular weight is 564 g/mol. The van der Waals surface area contributed by atoms with Crippen molar-refractivity contribution in [1.29, 1.82) is 0 Å². The Kier molecular flexibility index (Phi) is 10.9. The van der Waals surface area contributed by atoms with E-state index in [0.29, 0.717) is 24.3 Å². The molecule has 40 heavy (non-hydrogen) atoms. The second-order valence-corrected chi connectivity index (χ2v) is 11.4. The maximum absolute atomic E-state index is 13.7. The van der Waals surface area contributed by atoms with Crippen molar-refractivity contribution in [2.24, 2.45) is 0 Å². The largest absolute Gasteiger partial charge is 0.497 e. The van der Waals surface area contributed by atoms with Gasteiger partial charge in [-0.15, -0.1) is 11.3 Å². The standard InChI is InChI=1S/C31H37N3O5S/c1-31(2,3)34(30(37)38)27(21-26-11-8-20-40-26)29(36)33-24(13-12-22-9-6-5-7-10-22)16-19-28(35)32-23-14-17-25(39-4)18-15-23/h5-11,14-20,24,27H,12-13,21H2,1-4H3,(H,32,35)(H,33,36)(H,37,38)/b19-16+/t24-,27-/m0/s1. The van der Waals surface area contributed by atoms with E-state index in [2.05, 4.69) is 10.6 Å². The van der Waals surface area contributed by atoms with Crippen LogP contribution in [0.1, 0.15) is 37.6 Å². The van der Waals surface area contributed by atoms with Crippen molar-refractivity contribution in [3.8, 4) is 5.75 Å². The second-order valence-electron chi connectivity index (χ2n) is 10.3. The Hall–Kier alpha value is -4.11. The number of thiophene rings is 1. The minimum atomic E-state index is -1.17. The molecule has 0 unspecified atom stereocenters. The summed E-state index contributed by atoms with van der Waals surface area (Å²) in [7, 11) is 1.57. The zero-order valence-electron chi connectivity index (χ0n) is 23.3. The van der Waals surface area contributed by atoms with Crippen molar-refractivity contribution >= 4 is 34.9 Å². The molecule has 3 amide bonds. The van der Waals surface area contributed by atoms with Crippen LogP contribution in [0.4, 0.5) is 10.5 Å². The van der Waals surface area contributed by atoms with Crippen LogP contribution < -0.4 is 15.4 Å². The lowest BCUT2D eigenvalue weighted by atomic mass is 9.99. The lowest BCUT2D eigenvalue weighted by Crippen LogP contribution is -2.58. The lowest BCUT2D eigenvalue weighted by Gasteiger charge is -2.39. The fraction of sp³-hybridized carbons (Fsp3) is 0.323. The third-order valence-electron chi connectivity index (χ3n) is 6.27. The molecule has 0 saturated heterocycles. The van der Waals surface area contributed by atoms with Crippen LogP contribution in [0.3, 0.4) is 0 Å². The molecule has 1 heterocycles. The van der Waals surface area contributed by atoms with Crippen LogP contribution in [0.2, 0.25) is 0 Å². The van der Waals surface area contributed by atoms with E-state index in [1.54, 1.807) is 58.2 Å². The quantitative estimate of drug-likeness (QED) is 0.243. The minimum Gasteiger partial charge on any atom is -0.497 e. The van der Waals surface area contributed by atoms with Gasteiger partial charge in [0, 0.05) is 34.6 Å². The first-order chi connectivity index (χ1) is 19.1. The molecule has 1 aromatic heterocycles. The van der Waals surface area contributed by atoms with Crippen molar-refractivity contribution in [3.05, 3.63) is 94.7 Å². The number of amides is 3. The number of anilines is 1.